The van der Waals surface area contributed by atoms with E-state index in [-0.39, 0.29) is 5.91 Å². The molecule has 1 aromatic carbocycles. The Balaban J connectivity index is 1.70. The van der Waals surface area contributed by atoms with Crippen molar-refractivity contribution < 1.29 is 4.79 Å². The van der Waals surface area contributed by atoms with Crippen molar-refractivity contribution in [2.75, 3.05) is 0 Å². The Bertz CT molecular complexity index is 763. The van der Waals surface area contributed by atoms with E-state index in [1.807, 2.05) is 40.9 Å². The Morgan fingerprint density at radius 1 is 1.14 bits per heavy atom. The summed E-state index contributed by atoms with van der Waals surface area (Å²) < 4.78 is 1.85. The van der Waals surface area contributed by atoms with Crippen LogP contribution in [0.1, 0.15) is 21.7 Å². The maximum atomic E-state index is 12.1. The highest BCUT2D eigenvalue weighted by Crippen LogP contribution is 2.05. The Morgan fingerprint density at radius 3 is 2.71 bits per heavy atom. The summed E-state index contributed by atoms with van der Waals surface area (Å²) in [4.78, 5) is 12.1. The van der Waals surface area contributed by atoms with E-state index in [0.29, 0.717) is 24.5 Å². The first-order chi connectivity index (χ1) is 10.3. The minimum atomic E-state index is -0.147. The molecule has 21 heavy (non-hydrogen) atoms. The van der Waals surface area contributed by atoms with Crippen molar-refractivity contribution in [2.45, 2.75) is 13.1 Å². The summed E-state index contributed by atoms with van der Waals surface area (Å²) >= 11 is 0. The number of fused-ring (bicyclic) bond motifs is 1. The minimum Gasteiger partial charge on any atom is -0.345 e. The molecule has 3 N–H and O–H groups in total. The average Bonchev–Trinajstić information content (AvgIpc) is 2.96. The van der Waals surface area contributed by atoms with Crippen molar-refractivity contribution in [3.05, 3.63) is 65.6 Å². The Kier molecular flexibility index (Phi) is 3.61. The SMILES string of the molecule is NCc1ccc(C(=O)NCc2nnc3ccccn23)cc1. The van der Waals surface area contributed by atoms with Gasteiger partial charge in [0.1, 0.15) is 0 Å². The second kappa shape index (κ2) is 5.72. The molecule has 2 heterocycles. The maximum absolute atomic E-state index is 12.1. The summed E-state index contributed by atoms with van der Waals surface area (Å²) in [6.07, 6.45) is 1.87. The number of benzene rings is 1. The molecular formula is C15H15N5O. The van der Waals surface area contributed by atoms with Crippen LogP contribution in [-0.2, 0) is 13.1 Å². The largest absolute Gasteiger partial charge is 0.345 e. The number of hydrogen-bond donors (Lipinski definition) is 2. The third-order valence-corrected chi connectivity index (χ3v) is 3.24. The van der Waals surface area contributed by atoms with Gasteiger partial charge < -0.3 is 11.1 Å². The van der Waals surface area contributed by atoms with Crippen LogP contribution in [0.15, 0.2) is 48.7 Å². The van der Waals surface area contributed by atoms with Crippen molar-refractivity contribution in [1.82, 2.24) is 19.9 Å². The Hall–Kier alpha value is -2.73. The zero-order valence-electron chi connectivity index (χ0n) is 11.4. The molecule has 0 saturated heterocycles. The van der Waals surface area contributed by atoms with Gasteiger partial charge in [-0.2, -0.15) is 0 Å². The quantitative estimate of drug-likeness (QED) is 0.750. The van der Waals surface area contributed by atoms with Crippen LogP contribution >= 0.6 is 0 Å². The fourth-order valence-electron chi connectivity index (χ4n) is 2.07. The summed E-state index contributed by atoms with van der Waals surface area (Å²) in [5, 5.41) is 10.9. The normalized spacial score (nSPS) is 10.7. The maximum Gasteiger partial charge on any atom is 0.251 e. The summed E-state index contributed by atoms with van der Waals surface area (Å²) in [7, 11) is 0. The summed E-state index contributed by atoms with van der Waals surface area (Å²) in [5.74, 6) is 0.545. The molecule has 6 heteroatoms. The second-order valence-electron chi connectivity index (χ2n) is 4.63. The molecule has 0 fully saturated rings. The van der Waals surface area contributed by atoms with E-state index in [1.54, 1.807) is 12.1 Å². The Morgan fingerprint density at radius 2 is 1.95 bits per heavy atom. The number of pyridine rings is 1. The number of nitrogens with one attached hydrogen (secondary N) is 1. The lowest BCUT2D eigenvalue weighted by Crippen LogP contribution is -2.24. The van der Waals surface area contributed by atoms with Crippen molar-refractivity contribution in [3.8, 4) is 0 Å². The molecule has 6 nitrogen and oxygen atoms in total. The van der Waals surface area contributed by atoms with E-state index in [0.717, 1.165) is 11.2 Å². The molecule has 0 aliphatic rings. The van der Waals surface area contributed by atoms with Gasteiger partial charge in [0, 0.05) is 18.3 Å². The van der Waals surface area contributed by atoms with Crippen molar-refractivity contribution in [2.24, 2.45) is 5.73 Å². The second-order valence-corrected chi connectivity index (χ2v) is 4.63. The third kappa shape index (κ3) is 2.75. The van der Waals surface area contributed by atoms with E-state index < -0.39 is 0 Å². The monoisotopic (exact) mass is 281 g/mol. The standard InChI is InChI=1S/C15H15N5O/c16-9-11-4-6-12(7-5-11)15(21)17-10-14-19-18-13-3-1-2-8-20(13)14/h1-8H,9-10,16H2,(H,17,21). The molecule has 0 radical (unpaired) electrons. The molecule has 0 spiro atoms. The van der Waals surface area contributed by atoms with E-state index in [2.05, 4.69) is 15.5 Å². The smallest absolute Gasteiger partial charge is 0.251 e. The molecule has 0 atom stereocenters. The summed E-state index contributed by atoms with van der Waals surface area (Å²) in [6, 6.07) is 12.9. The van der Waals surface area contributed by atoms with Gasteiger partial charge in [0.2, 0.25) is 0 Å². The number of rotatable bonds is 4. The zero-order chi connectivity index (χ0) is 14.7. The van der Waals surface area contributed by atoms with Crippen molar-refractivity contribution in [3.63, 3.8) is 0 Å². The highest BCUT2D eigenvalue weighted by Gasteiger charge is 2.08. The van der Waals surface area contributed by atoms with Crippen LogP contribution in [0.3, 0.4) is 0 Å². The van der Waals surface area contributed by atoms with Crippen LogP contribution in [0.25, 0.3) is 5.65 Å². The highest BCUT2D eigenvalue weighted by molar-refractivity contribution is 5.94. The lowest BCUT2D eigenvalue weighted by Gasteiger charge is -2.05. The fraction of sp³-hybridized carbons (Fsp3) is 0.133. The topological polar surface area (TPSA) is 85.3 Å². The van der Waals surface area contributed by atoms with Crippen molar-refractivity contribution >= 4 is 11.6 Å². The highest BCUT2D eigenvalue weighted by atomic mass is 16.1. The molecule has 3 rings (SSSR count). The first kappa shape index (κ1) is 13.3. The molecule has 1 amide bonds. The van der Waals surface area contributed by atoms with Crippen LogP contribution in [0.5, 0.6) is 0 Å². The molecule has 2 aromatic heterocycles. The van der Waals surface area contributed by atoms with E-state index in [4.69, 9.17) is 5.73 Å². The molecular weight excluding hydrogens is 266 g/mol. The van der Waals surface area contributed by atoms with Crippen LogP contribution in [-0.4, -0.2) is 20.5 Å². The van der Waals surface area contributed by atoms with Gasteiger partial charge in [-0.3, -0.25) is 9.20 Å². The first-order valence-corrected chi connectivity index (χ1v) is 6.64. The third-order valence-electron chi connectivity index (χ3n) is 3.24. The van der Waals surface area contributed by atoms with Gasteiger partial charge in [0.15, 0.2) is 11.5 Å². The molecule has 0 unspecified atom stereocenters. The molecule has 106 valence electrons. The fourth-order valence-corrected chi connectivity index (χ4v) is 2.07. The van der Waals surface area contributed by atoms with Gasteiger partial charge in [-0.15, -0.1) is 10.2 Å². The van der Waals surface area contributed by atoms with Gasteiger partial charge >= 0.3 is 0 Å². The average molecular weight is 281 g/mol. The van der Waals surface area contributed by atoms with Crippen LogP contribution in [0, 0.1) is 0 Å². The first-order valence-electron chi connectivity index (χ1n) is 6.64. The summed E-state index contributed by atoms with van der Waals surface area (Å²) in [6.45, 7) is 0.788. The number of carbonyl (C=O) groups excluding carboxylic acids is 1. The summed E-state index contributed by atoms with van der Waals surface area (Å²) in [5.41, 5.74) is 7.89. The zero-order valence-corrected chi connectivity index (χ0v) is 11.4. The lowest BCUT2D eigenvalue weighted by atomic mass is 10.1. The lowest BCUT2D eigenvalue weighted by molar-refractivity contribution is 0.0950. The van der Waals surface area contributed by atoms with Crippen molar-refractivity contribution in [1.29, 1.82) is 0 Å². The van der Waals surface area contributed by atoms with Gasteiger partial charge in [0.05, 0.1) is 6.54 Å². The van der Waals surface area contributed by atoms with Crippen LogP contribution < -0.4 is 11.1 Å². The predicted molar refractivity (Wildman–Crippen MR) is 78.5 cm³/mol. The van der Waals surface area contributed by atoms with E-state index in [1.165, 1.54) is 0 Å². The Labute approximate surface area is 121 Å². The number of amides is 1. The molecule has 3 aromatic rings. The molecule has 0 aliphatic heterocycles. The van der Waals surface area contributed by atoms with Gasteiger partial charge in [0.25, 0.3) is 5.91 Å². The molecule has 0 aliphatic carbocycles. The van der Waals surface area contributed by atoms with Crippen LogP contribution in [0.4, 0.5) is 0 Å². The van der Waals surface area contributed by atoms with E-state index in [9.17, 15) is 4.79 Å². The molecule has 0 saturated carbocycles. The number of hydrogen-bond acceptors (Lipinski definition) is 4. The van der Waals surface area contributed by atoms with E-state index >= 15 is 0 Å². The predicted octanol–water partition coefficient (Wildman–Crippen LogP) is 1.12. The number of aromatic nitrogens is 3. The van der Waals surface area contributed by atoms with Gasteiger partial charge in [-0.1, -0.05) is 18.2 Å². The van der Waals surface area contributed by atoms with Gasteiger partial charge in [-0.05, 0) is 29.8 Å². The number of nitrogens with two attached hydrogens (primary N) is 1. The minimum absolute atomic E-state index is 0.147. The van der Waals surface area contributed by atoms with Crippen LogP contribution in [0.2, 0.25) is 0 Å². The van der Waals surface area contributed by atoms with Gasteiger partial charge in [-0.25, -0.2) is 0 Å². The molecule has 0 bridgehead atoms. The number of carbonyl (C=O) groups is 1. The number of nitrogens with zero attached hydrogens (tertiary/aromatic N) is 3.